The molecule has 0 spiro atoms. The maximum atomic E-state index is 9.50. The number of phenols is 2. The SMILES string of the molecule is CCc1ncc2cccc(O)c2n1.NCc1ncc2cccc(O)c2n1. The summed E-state index contributed by atoms with van der Waals surface area (Å²) in [5.41, 5.74) is 6.57. The molecule has 0 fully saturated rings. The van der Waals surface area contributed by atoms with Crippen molar-refractivity contribution < 1.29 is 10.2 Å². The van der Waals surface area contributed by atoms with E-state index in [1.54, 1.807) is 36.7 Å². The summed E-state index contributed by atoms with van der Waals surface area (Å²) < 4.78 is 0. The number of rotatable bonds is 2. The fourth-order valence-corrected chi connectivity index (χ4v) is 2.42. The summed E-state index contributed by atoms with van der Waals surface area (Å²) in [4.78, 5) is 16.5. The Bertz CT molecular complexity index is 967. The highest BCUT2D eigenvalue weighted by atomic mass is 16.3. The molecule has 0 aliphatic carbocycles. The molecule has 0 saturated carbocycles. The molecule has 4 N–H and O–H groups in total. The van der Waals surface area contributed by atoms with Crippen molar-refractivity contribution in [3.05, 3.63) is 60.4 Å². The van der Waals surface area contributed by atoms with Gasteiger partial charge in [-0.25, -0.2) is 19.9 Å². The number of aromatic hydroxyl groups is 2. The Hall–Kier alpha value is -3.32. The zero-order valence-corrected chi connectivity index (χ0v) is 14.3. The van der Waals surface area contributed by atoms with Gasteiger partial charge in [-0.2, -0.15) is 0 Å². The van der Waals surface area contributed by atoms with Crippen LogP contribution in [-0.4, -0.2) is 30.1 Å². The lowest BCUT2D eigenvalue weighted by Gasteiger charge is -2.00. The number of para-hydroxylation sites is 2. The first-order chi connectivity index (χ1) is 12.6. The van der Waals surface area contributed by atoms with Crippen LogP contribution in [0.25, 0.3) is 21.8 Å². The van der Waals surface area contributed by atoms with Crippen molar-refractivity contribution in [3.8, 4) is 11.5 Å². The largest absolute Gasteiger partial charge is 0.506 e. The maximum Gasteiger partial charge on any atom is 0.142 e. The molecule has 0 saturated heterocycles. The van der Waals surface area contributed by atoms with Crippen LogP contribution in [-0.2, 0) is 13.0 Å². The molecule has 7 heteroatoms. The fraction of sp³-hybridized carbons (Fsp3) is 0.158. The average molecular weight is 349 g/mol. The Morgan fingerprint density at radius 1 is 0.808 bits per heavy atom. The predicted molar refractivity (Wildman–Crippen MR) is 99.7 cm³/mol. The molecule has 0 radical (unpaired) electrons. The van der Waals surface area contributed by atoms with E-state index < -0.39 is 0 Å². The van der Waals surface area contributed by atoms with E-state index in [2.05, 4.69) is 19.9 Å². The van der Waals surface area contributed by atoms with Crippen molar-refractivity contribution in [1.29, 1.82) is 0 Å². The van der Waals surface area contributed by atoms with Crippen molar-refractivity contribution in [2.75, 3.05) is 0 Å². The minimum Gasteiger partial charge on any atom is -0.506 e. The Kier molecular flexibility index (Phi) is 5.19. The third kappa shape index (κ3) is 3.68. The second-order valence-corrected chi connectivity index (χ2v) is 5.56. The Morgan fingerprint density at radius 3 is 1.81 bits per heavy atom. The number of hydrogen-bond acceptors (Lipinski definition) is 7. The van der Waals surface area contributed by atoms with Crippen molar-refractivity contribution in [2.45, 2.75) is 19.9 Å². The van der Waals surface area contributed by atoms with Gasteiger partial charge < -0.3 is 15.9 Å². The summed E-state index contributed by atoms with van der Waals surface area (Å²) in [7, 11) is 0. The Labute approximate surface area is 150 Å². The summed E-state index contributed by atoms with van der Waals surface area (Å²) in [5.74, 6) is 1.67. The number of aromatic nitrogens is 4. The van der Waals surface area contributed by atoms with Gasteiger partial charge in [-0.1, -0.05) is 31.2 Å². The van der Waals surface area contributed by atoms with Gasteiger partial charge in [-0.05, 0) is 12.1 Å². The third-order valence-electron chi connectivity index (χ3n) is 3.78. The van der Waals surface area contributed by atoms with Gasteiger partial charge in [0, 0.05) is 29.6 Å². The van der Waals surface area contributed by atoms with Crippen LogP contribution in [0.2, 0.25) is 0 Å². The van der Waals surface area contributed by atoms with E-state index in [0.29, 0.717) is 16.9 Å². The number of nitrogens with zero attached hydrogens (tertiary/aromatic N) is 4. The van der Waals surface area contributed by atoms with Gasteiger partial charge in [-0.3, -0.25) is 0 Å². The predicted octanol–water partition coefficient (Wildman–Crippen LogP) is 2.69. The first-order valence-corrected chi connectivity index (χ1v) is 8.19. The molecule has 2 aromatic heterocycles. The van der Waals surface area contributed by atoms with Crippen LogP contribution < -0.4 is 5.73 Å². The summed E-state index contributed by atoms with van der Waals surface area (Å²) >= 11 is 0. The number of fused-ring (bicyclic) bond motifs is 2. The summed E-state index contributed by atoms with van der Waals surface area (Å²) in [6.07, 6.45) is 4.18. The highest BCUT2D eigenvalue weighted by Gasteiger charge is 2.02. The highest BCUT2D eigenvalue weighted by Crippen LogP contribution is 2.21. The number of benzene rings is 2. The molecule has 0 aliphatic rings. The lowest BCUT2D eigenvalue weighted by molar-refractivity contribution is 0.479. The molecule has 0 aliphatic heterocycles. The van der Waals surface area contributed by atoms with Gasteiger partial charge in [0.2, 0.25) is 0 Å². The van der Waals surface area contributed by atoms with Gasteiger partial charge in [0.25, 0.3) is 0 Å². The Balaban J connectivity index is 0.000000151. The van der Waals surface area contributed by atoms with E-state index in [1.807, 2.05) is 19.1 Å². The molecule has 0 bridgehead atoms. The number of nitrogens with two attached hydrogens (primary N) is 1. The quantitative estimate of drug-likeness (QED) is 0.509. The van der Waals surface area contributed by atoms with E-state index >= 15 is 0 Å². The second-order valence-electron chi connectivity index (χ2n) is 5.56. The molecule has 4 aromatic rings. The van der Waals surface area contributed by atoms with Crippen molar-refractivity contribution >= 4 is 21.8 Å². The van der Waals surface area contributed by atoms with Gasteiger partial charge in [0.1, 0.15) is 34.2 Å². The zero-order valence-electron chi connectivity index (χ0n) is 14.3. The summed E-state index contributed by atoms with van der Waals surface area (Å²) in [5, 5.41) is 20.7. The van der Waals surface area contributed by atoms with Crippen LogP contribution in [0.5, 0.6) is 11.5 Å². The van der Waals surface area contributed by atoms with E-state index in [4.69, 9.17) is 5.73 Å². The zero-order chi connectivity index (χ0) is 18.5. The summed E-state index contributed by atoms with van der Waals surface area (Å²) in [6, 6.07) is 10.5. The maximum absolute atomic E-state index is 9.50. The third-order valence-corrected chi connectivity index (χ3v) is 3.78. The molecule has 0 amide bonds. The minimum atomic E-state index is 0.162. The molecule has 132 valence electrons. The number of phenolic OH excluding ortho intramolecular Hbond substituents is 2. The van der Waals surface area contributed by atoms with Crippen LogP contribution in [0, 0.1) is 0 Å². The molecule has 7 nitrogen and oxygen atoms in total. The normalized spacial score (nSPS) is 10.5. The van der Waals surface area contributed by atoms with Gasteiger partial charge in [0.05, 0.1) is 6.54 Å². The lowest BCUT2D eigenvalue weighted by atomic mass is 10.2. The van der Waals surface area contributed by atoms with E-state index in [1.165, 1.54) is 0 Å². The highest BCUT2D eigenvalue weighted by molar-refractivity contribution is 5.83. The van der Waals surface area contributed by atoms with E-state index in [9.17, 15) is 10.2 Å². The topological polar surface area (TPSA) is 118 Å². The second kappa shape index (κ2) is 7.71. The van der Waals surface area contributed by atoms with E-state index in [0.717, 1.165) is 23.0 Å². The van der Waals surface area contributed by atoms with Gasteiger partial charge >= 0.3 is 0 Å². The molecular formula is C19H19N5O2. The minimum absolute atomic E-state index is 0.162. The van der Waals surface area contributed by atoms with Crippen LogP contribution >= 0.6 is 0 Å². The smallest absolute Gasteiger partial charge is 0.142 e. The molecular weight excluding hydrogens is 330 g/mol. The molecule has 2 aromatic carbocycles. The molecule has 26 heavy (non-hydrogen) atoms. The fourth-order valence-electron chi connectivity index (χ4n) is 2.42. The van der Waals surface area contributed by atoms with Gasteiger partial charge in [-0.15, -0.1) is 0 Å². The molecule has 0 atom stereocenters. The number of aryl methyl sites for hydroxylation is 1. The summed E-state index contributed by atoms with van der Waals surface area (Å²) in [6.45, 7) is 2.27. The van der Waals surface area contributed by atoms with Crippen molar-refractivity contribution in [3.63, 3.8) is 0 Å². The number of hydrogen-bond donors (Lipinski definition) is 3. The average Bonchev–Trinajstić information content (AvgIpc) is 2.69. The first kappa shape index (κ1) is 17.5. The van der Waals surface area contributed by atoms with E-state index in [-0.39, 0.29) is 18.0 Å². The first-order valence-electron chi connectivity index (χ1n) is 8.19. The Morgan fingerprint density at radius 2 is 1.31 bits per heavy atom. The van der Waals surface area contributed by atoms with Crippen molar-refractivity contribution in [1.82, 2.24) is 19.9 Å². The standard InChI is InChI=1S/C10H10N2O.C9H9N3O/c1-2-9-11-6-7-4-3-5-8(13)10(7)12-9;10-4-8-11-5-6-2-1-3-7(13)9(6)12-8/h3-6,13H,2H2,1H3;1-3,5,13H,4,10H2. The molecule has 4 rings (SSSR count). The van der Waals surface area contributed by atoms with Crippen LogP contribution in [0.15, 0.2) is 48.8 Å². The van der Waals surface area contributed by atoms with Crippen LogP contribution in [0.4, 0.5) is 0 Å². The molecule has 0 unspecified atom stereocenters. The van der Waals surface area contributed by atoms with Crippen LogP contribution in [0.1, 0.15) is 18.6 Å². The van der Waals surface area contributed by atoms with Crippen LogP contribution in [0.3, 0.4) is 0 Å². The van der Waals surface area contributed by atoms with Crippen molar-refractivity contribution in [2.24, 2.45) is 5.73 Å². The lowest BCUT2D eigenvalue weighted by Crippen LogP contribution is -2.02. The molecule has 2 heterocycles. The van der Waals surface area contributed by atoms with Gasteiger partial charge in [0.15, 0.2) is 0 Å². The monoisotopic (exact) mass is 349 g/mol.